The van der Waals surface area contributed by atoms with Gasteiger partial charge in [0.2, 0.25) is 0 Å². The number of amides is 3. The Hall–Kier alpha value is -2.17. The number of benzene rings is 1. The monoisotopic (exact) mass is 368 g/mol. The smallest absolute Gasteiger partial charge is 0.261 e. The molecule has 4 unspecified atom stereocenters. The number of unbranched alkanes of at least 4 members (excludes halogenated alkanes) is 1. The number of imide groups is 1. The maximum atomic E-state index is 12.7. The molecule has 4 rings (SSSR count). The highest BCUT2D eigenvalue weighted by Gasteiger charge is 2.42. The third-order valence-corrected chi connectivity index (χ3v) is 6.76. The minimum absolute atomic E-state index is 0.138. The van der Waals surface area contributed by atoms with E-state index in [9.17, 15) is 14.4 Å². The number of carbonyl (C=O) groups excluding carboxylic acids is 3. The van der Waals surface area contributed by atoms with Crippen molar-refractivity contribution in [2.24, 2.45) is 17.8 Å². The zero-order chi connectivity index (χ0) is 19.1. The van der Waals surface area contributed by atoms with Crippen LogP contribution in [0.4, 0.5) is 0 Å². The van der Waals surface area contributed by atoms with E-state index in [1.54, 1.807) is 18.2 Å². The molecule has 1 heterocycles. The Morgan fingerprint density at radius 1 is 1.19 bits per heavy atom. The number of nitrogens with one attached hydrogen (secondary N) is 1. The Balaban J connectivity index is 1.46. The van der Waals surface area contributed by atoms with Crippen molar-refractivity contribution in [3.63, 3.8) is 0 Å². The lowest BCUT2D eigenvalue weighted by Crippen LogP contribution is -2.40. The van der Waals surface area contributed by atoms with Crippen molar-refractivity contribution in [1.82, 2.24) is 10.2 Å². The summed E-state index contributed by atoms with van der Waals surface area (Å²) in [7, 11) is 0. The van der Waals surface area contributed by atoms with E-state index in [0.29, 0.717) is 29.2 Å². The molecule has 27 heavy (non-hydrogen) atoms. The van der Waals surface area contributed by atoms with E-state index >= 15 is 0 Å². The Bertz CT molecular complexity index is 788. The fourth-order valence-electron chi connectivity index (χ4n) is 5.25. The van der Waals surface area contributed by atoms with Crippen LogP contribution in [0.5, 0.6) is 0 Å². The second kappa shape index (κ2) is 7.10. The maximum absolute atomic E-state index is 12.7. The highest BCUT2D eigenvalue weighted by Crippen LogP contribution is 2.49. The van der Waals surface area contributed by atoms with Gasteiger partial charge >= 0.3 is 0 Å². The van der Waals surface area contributed by atoms with Crippen LogP contribution in [0, 0.1) is 17.8 Å². The first-order valence-electron chi connectivity index (χ1n) is 10.3. The third kappa shape index (κ3) is 3.17. The Kier molecular flexibility index (Phi) is 4.79. The van der Waals surface area contributed by atoms with Gasteiger partial charge in [-0.1, -0.05) is 19.8 Å². The first kappa shape index (κ1) is 18.2. The fraction of sp³-hybridized carbons (Fsp3) is 0.591. The van der Waals surface area contributed by atoms with E-state index in [-0.39, 0.29) is 23.8 Å². The lowest BCUT2D eigenvalue weighted by Gasteiger charge is -2.28. The molecule has 1 aromatic carbocycles. The predicted octanol–water partition coefficient (Wildman–Crippen LogP) is 3.64. The van der Waals surface area contributed by atoms with Gasteiger partial charge in [-0.05, 0) is 68.6 Å². The second-order valence-electron chi connectivity index (χ2n) is 8.48. The summed E-state index contributed by atoms with van der Waals surface area (Å²) < 4.78 is 0. The number of hydrogen-bond donors (Lipinski definition) is 1. The Labute approximate surface area is 160 Å². The van der Waals surface area contributed by atoms with Crippen LogP contribution in [0.25, 0.3) is 0 Å². The Morgan fingerprint density at radius 2 is 1.96 bits per heavy atom. The van der Waals surface area contributed by atoms with Crippen molar-refractivity contribution in [3.8, 4) is 0 Å². The van der Waals surface area contributed by atoms with Crippen LogP contribution in [0.2, 0.25) is 0 Å². The molecule has 2 bridgehead atoms. The van der Waals surface area contributed by atoms with Crippen LogP contribution in [0.15, 0.2) is 18.2 Å². The third-order valence-electron chi connectivity index (χ3n) is 6.76. The molecular formula is C22H28N2O3. The number of nitrogens with zero attached hydrogens (tertiary/aromatic N) is 1. The van der Waals surface area contributed by atoms with Crippen LogP contribution >= 0.6 is 0 Å². The van der Waals surface area contributed by atoms with E-state index in [4.69, 9.17) is 0 Å². The molecule has 0 radical (unpaired) electrons. The van der Waals surface area contributed by atoms with E-state index in [1.807, 2.05) is 6.92 Å². The molecule has 2 fully saturated rings. The molecule has 3 aliphatic rings. The number of hydrogen-bond acceptors (Lipinski definition) is 3. The SMILES string of the molecule is CCCCN1C(=O)c2ccc(C(=O)NC(C)C3CC4CCC3C4)cc2C1=O. The molecule has 2 saturated carbocycles. The summed E-state index contributed by atoms with van der Waals surface area (Å²) in [6.45, 7) is 4.56. The van der Waals surface area contributed by atoms with Crippen LogP contribution in [0.3, 0.4) is 0 Å². The van der Waals surface area contributed by atoms with Gasteiger partial charge in [-0.3, -0.25) is 19.3 Å². The topological polar surface area (TPSA) is 66.5 Å². The summed E-state index contributed by atoms with van der Waals surface area (Å²) in [5.41, 5.74) is 1.23. The first-order valence-corrected chi connectivity index (χ1v) is 10.3. The summed E-state index contributed by atoms with van der Waals surface area (Å²) in [5, 5.41) is 3.14. The summed E-state index contributed by atoms with van der Waals surface area (Å²) in [6.07, 6.45) is 6.88. The van der Waals surface area contributed by atoms with Gasteiger partial charge in [0.05, 0.1) is 11.1 Å². The van der Waals surface area contributed by atoms with Crippen LogP contribution < -0.4 is 5.32 Å². The van der Waals surface area contributed by atoms with Gasteiger partial charge in [-0.15, -0.1) is 0 Å². The van der Waals surface area contributed by atoms with E-state index in [1.165, 1.54) is 30.6 Å². The quantitative estimate of drug-likeness (QED) is 0.780. The fourth-order valence-corrected chi connectivity index (χ4v) is 5.25. The molecule has 0 saturated heterocycles. The summed E-state index contributed by atoms with van der Waals surface area (Å²) in [5.74, 6) is 1.48. The highest BCUT2D eigenvalue weighted by molar-refractivity contribution is 6.22. The van der Waals surface area contributed by atoms with Crippen molar-refractivity contribution in [2.45, 2.75) is 58.4 Å². The van der Waals surface area contributed by atoms with Crippen molar-refractivity contribution < 1.29 is 14.4 Å². The molecular weight excluding hydrogens is 340 g/mol. The van der Waals surface area contributed by atoms with Gasteiger partial charge in [-0.25, -0.2) is 0 Å². The molecule has 5 nitrogen and oxygen atoms in total. The van der Waals surface area contributed by atoms with Gasteiger partial charge in [0.1, 0.15) is 0 Å². The molecule has 144 valence electrons. The van der Waals surface area contributed by atoms with E-state index in [0.717, 1.165) is 24.7 Å². The van der Waals surface area contributed by atoms with E-state index < -0.39 is 0 Å². The summed E-state index contributed by atoms with van der Waals surface area (Å²) in [6, 6.07) is 5.01. The van der Waals surface area contributed by atoms with Crippen molar-refractivity contribution in [1.29, 1.82) is 0 Å². The van der Waals surface area contributed by atoms with Gasteiger partial charge in [0, 0.05) is 18.2 Å². The molecule has 2 aliphatic carbocycles. The zero-order valence-electron chi connectivity index (χ0n) is 16.2. The number of carbonyl (C=O) groups is 3. The first-order chi connectivity index (χ1) is 13.0. The molecule has 1 aromatic rings. The normalized spacial score (nSPS) is 27.2. The second-order valence-corrected chi connectivity index (χ2v) is 8.48. The van der Waals surface area contributed by atoms with Crippen molar-refractivity contribution in [3.05, 3.63) is 34.9 Å². The molecule has 4 atom stereocenters. The zero-order valence-corrected chi connectivity index (χ0v) is 16.2. The molecule has 0 spiro atoms. The Morgan fingerprint density at radius 3 is 2.63 bits per heavy atom. The van der Waals surface area contributed by atoms with Crippen LogP contribution in [0.1, 0.15) is 83.4 Å². The molecule has 0 aromatic heterocycles. The highest BCUT2D eigenvalue weighted by atomic mass is 16.2. The molecule has 3 amide bonds. The largest absolute Gasteiger partial charge is 0.349 e. The predicted molar refractivity (Wildman–Crippen MR) is 103 cm³/mol. The lowest BCUT2D eigenvalue weighted by molar-refractivity contribution is 0.0652. The molecule has 1 aliphatic heterocycles. The van der Waals surface area contributed by atoms with Crippen molar-refractivity contribution >= 4 is 17.7 Å². The van der Waals surface area contributed by atoms with Gasteiger partial charge in [0.15, 0.2) is 0 Å². The van der Waals surface area contributed by atoms with E-state index in [2.05, 4.69) is 12.2 Å². The lowest BCUT2D eigenvalue weighted by atomic mass is 9.84. The van der Waals surface area contributed by atoms with Crippen LogP contribution in [-0.4, -0.2) is 35.2 Å². The van der Waals surface area contributed by atoms with Gasteiger partial charge in [-0.2, -0.15) is 0 Å². The van der Waals surface area contributed by atoms with Crippen LogP contribution in [-0.2, 0) is 0 Å². The average molecular weight is 368 g/mol. The summed E-state index contributed by atoms with van der Waals surface area (Å²) >= 11 is 0. The summed E-state index contributed by atoms with van der Waals surface area (Å²) in [4.78, 5) is 39.0. The maximum Gasteiger partial charge on any atom is 0.261 e. The molecule has 5 heteroatoms. The number of fused-ring (bicyclic) bond motifs is 3. The van der Waals surface area contributed by atoms with Gasteiger partial charge in [0.25, 0.3) is 17.7 Å². The standard InChI is InChI=1S/C22H28N2O3/c1-3-4-9-24-21(26)17-8-7-16(12-19(17)22(24)27)20(25)23-13(2)18-11-14-5-6-15(18)10-14/h7-8,12-15,18H,3-6,9-11H2,1-2H3,(H,23,25). The number of rotatable bonds is 6. The average Bonchev–Trinajstić information content (AvgIpc) is 3.35. The van der Waals surface area contributed by atoms with Gasteiger partial charge < -0.3 is 5.32 Å². The molecule has 1 N–H and O–H groups in total. The minimum atomic E-state index is -0.278. The minimum Gasteiger partial charge on any atom is -0.349 e. The van der Waals surface area contributed by atoms with Crippen molar-refractivity contribution in [2.75, 3.05) is 6.54 Å².